The van der Waals surface area contributed by atoms with Crippen LogP contribution in [0.4, 0.5) is 0 Å². The second-order valence-electron chi connectivity index (χ2n) is 5.13. The molecule has 1 heterocycles. The Kier molecular flexibility index (Phi) is 5.62. The molecule has 5 nitrogen and oxygen atoms in total. The van der Waals surface area contributed by atoms with Gasteiger partial charge in [-0.1, -0.05) is 24.6 Å². The Labute approximate surface area is 131 Å². The summed E-state index contributed by atoms with van der Waals surface area (Å²) in [7, 11) is -1.69. The molecule has 1 fully saturated rings. The fourth-order valence-corrected chi connectivity index (χ4v) is 4.43. The molecule has 0 aromatic heterocycles. The second-order valence-corrected chi connectivity index (χ2v) is 7.45. The molecule has 0 atom stereocenters. The van der Waals surface area contributed by atoms with E-state index in [4.69, 9.17) is 11.6 Å². The monoisotopic (exact) mass is 331 g/mol. The zero-order valence-corrected chi connectivity index (χ0v) is 14.0. The average Bonchev–Trinajstić information content (AvgIpc) is 2.49. The number of rotatable bonds is 5. The van der Waals surface area contributed by atoms with E-state index in [2.05, 4.69) is 17.1 Å². The zero-order chi connectivity index (χ0) is 15.5. The Morgan fingerprint density at radius 3 is 2.48 bits per heavy atom. The number of halogens is 1. The molecule has 1 saturated heterocycles. The van der Waals surface area contributed by atoms with Crippen LogP contribution in [-0.4, -0.2) is 57.4 Å². The summed E-state index contributed by atoms with van der Waals surface area (Å²) in [6, 6.07) is 5.16. The summed E-state index contributed by atoms with van der Waals surface area (Å²) in [5, 5.41) is 3.30. The first-order valence-electron chi connectivity index (χ1n) is 7.14. The minimum absolute atomic E-state index is 0.210. The number of hydrogen-bond donors (Lipinski definition) is 1. The van der Waals surface area contributed by atoms with Crippen LogP contribution in [0.1, 0.15) is 12.5 Å². The lowest BCUT2D eigenvalue weighted by molar-refractivity contribution is 0.196. The van der Waals surface area contributed by atoms with Gasteiger partial charge in [0.2, 0.25) is 10.0 Å². The van der Waals surface area contributed by atoms with Crippen molar-refractivity contribution in [1.82, 2.24) is 14.5 Å². The van der Waals surface area contributed by atoms with Gasteiger partial charge >= 0.3 is 0 Å². The van der Waals surface area contributed by atoms with Gasteiger partial charge in [-0.3, -0.25) is 0 Å². The molecular weight excluding hydrogens is 310 g/mol. The van der Waals surface area contributed by atoms with Crippen LogP contribution >= 0.6 is 11.6 Å². The van der Waals surface area contributed by atoms with E-state index >= 15 is 0 Å². The molecule has 118 valence electrons. The number of hydrogen-bond acceptors (Lipinski definition) is 4. The average molecular weight is 332 g/mol. The van der Waals surface area contributed by atoms with E-state index in [-0.39, 0.29) is 9.92 Å². The van der Waals surface area contributed by atoms with E-state index in [1.165, 1.54) is 4.31 Å². The van der Waals surface area contributed by atoms with Crippen molar-refractivity contribution in [2.24, 2.45) is 0 Å². The third-order valence-corrected chi connectivity index (χ3v) is 6.15. The van der Waals surface area contributed by atoms with Gasteiger partial charge in [-0.25, -0.2) is 8.42 Å². The lowest BCUT2D eigenvalue weighted by Crippen LogP contribution is -2.48. The van der Waals surface area contributed by atoms with Crippen LogP contribution in [0.3, 0.4) is 0 Å². The highest BCUT2D eigenvalue weighted by Crippen LogP contribution is 2.26. The molecule has 1 N–H and O–H groups in total. The van der Waals surface area contributed by atoms with Crippen molar-refractivity contribution in [3.8, 4) is 0 Å². The van der Waals surface area contributed by atoms with E-state index in [1.807, 2.05) is 13.1 Å². The van der Waals surface area contributed by atoms with Crippen LogP contribution in [0.5, 0.6) is 0 Å². The molecule has 0 amide bonds. The van der Waals surface area contributed by atoms with Gasteiger partial charge in [0.25, 0.3) is 0 Å². The fourth-order valence-electron chi connectivity index (χ4n) is 2.48. The van der Waals surface area contributed by atoms with Crippen molar-refractivity contribution in [3.63, 3.8) is 0 Å². The first-order chi connectivity index (χ1) is 9.98. The molecule has 0 aliphatic carbocycles. The van der Waals surface area contributed by atoms with Crippen LogP contribution < -0.4 is 5.32 Å². The topological polar surface area (TPSA) is 52.7 Å². The Morgan fingerprint density at radius 2 is 1.90 bits per heavy atom. The third kappa shape index (κ3) is 3.76. The minimum atomic E-state index is -3.52. The quantitative estimate of drug-likeness (QED) is 0.886. The van der Waals surface area contributed by atoms with Crippen molar-refractivity contribution >= 4 is 21.6 Å². The van der Waals surface area contributed by atoms with Gasteiger partial charge in [0, 0.05) is 32.7 Å². The van der Waals surface area contributed by atoms with Crippen LogP contribution in [0.2, 0.25) is 5.02 Å². The Bertz CT molecular complexity index is 584. The molecule has 7 heteroatoms. The van der Waals surface area contributed by atoms with E-state index in [1.54, 1.807) is 12.1 Å². The van der Waals surface area contributed by atoms with E-state index in [0.717, 1.165) is 25.2 Å². The molecule has 1 aromatic rings. The Balaban J connectivity index is 2.25. The van der Waals surface area contributed by atoms with Gasteiger partial charge in [0.1, 0.15) is 4.90 Å². The fraction of sp³-hybridized carbons (Fsp3) is 0.571. The van der Waals surface area contributed by atoms with E-state index in [0.29, 0.717) is 19.6 Å². The standard InChI is InChI=1S/C14H22ClN3O2S/c1-3-17-6-8-18(9-7-17)21(19,20)14-10-12(11-16-2)4-5-13(14)15/h4-5,10,16H,3,6-9,11H2,1-2H3. The third-order valence-electron chi connectivity index (χ3n) is 3.77. The molecule has 0 saturated carbocycles. The van der Waals surface area contributed by atoms with Gasteiger partial charge in [-0.05, 0) is 31.3 Å². The highest BCUT2D eigenvalue weighted by Gasteiger charge is 2.29. The maximum atomic E-state index is 12.8. The summed E-state index contributed by atoms with van der Waals surface area (Å²) in [6.07, 6.45) is 0. The number of benzene rings is 1. The summed E-state index contributed by atoms with van der Waals surface area (Å²) < 4.78 is 27.1. The highest BCUT2D eigenvalue weighted by molar-refractivity contribution is 7.89. The molecule has 1 aliphatic heterocycles. The molecule has 0 unspecified atom stereocenters. The summed E-state index contributed by atoms with van der Waals surface area (Å²) in [6.45, 7) is 6.22. The van der Waals surface area contributed by atoms with Crippen molar-refractivity contribution in [2.75, 3.05) is 39.8 Å². The molecule has 21 heavy (non-hydrogen) atoms. The predicted octanol–water partition coefficient (Wildman–Crippen LogP) is 1.39. The van der Waals surface area contributed by atoms with Gasteiger partial charge in [0.05, 0.1) is 5.02 Å². The van der Waals surface area contributed by atoms with Gasteiger partial charge in [0.15, 0.2) is 0 Å². The largest absolute Gasteiger partial charge is 0.316 e. The van der Waals surface area contributed by atoms with Gasteiger partial charge in [-0.15, -0.1) is 0 Å². The smallest absolute Gasteiger partial charge is 0.244 e. The first kappa shape index (κ1) is 16.7. The van der Waals surface area contributed by atoms with Crippen molar-refractivity contribution in [1.29, 1.82) is 0 Å². The minimum Gasteiger partial charge on any atom is -0.316 e. The first-order valence-corrected chi connectivity index (χ1v) is 8.96. The van der Waals surface area contributed by atoms with E-state index < -0.39 is 10.0 Å². The maximum absolute atomic E-state index is 12.8. The molecule has 0 radical (unpaired) electrons. The Hall–Kier alpha value is -0.660. The van der Waals surface area contributed by atoms with E-state index in [9.17, 15) is 8.42 Å². The van der Waals surface area contributed by atoms with Crippen LogP contribution in [0, 0.1) is 0 Å². The number of likely N-dealkylation sites (N-methyl/N-ethyl adjacent to an activating group) is 1. The Morgan fingerprint density at radius 1 is 1.24 bits per heavy atom. The van der Waals surface area contributed by atoms with Crippen molar-refractivity contribution in [3.05, 3.63) is 28.8 Å². The number of sulfonamides is 1. The maximum Gasteiger partial charge on any atom is 0.244 e. The van der Waals surface area contributed by atoms with Crippen molar-refractivity contribution < 1.29 is 8.42 Å². The number of nitrogens with zero attached hydrogens (tertiary/aromatic N) is 2. The second kappa shape index (κ2) is 7.07. The lowest BCUT2D eigenvalue weighted by Gasteiger charge is -2.33. The van der Waals surface area contributed by atoms with Crippen molar-refractivity contribution in [2.45, 2.75) is 18.4 Å². The van der Waals surface area contributed by atoms with Crippen LogP contribution in [0.15, 0.2) is 23.1 Å². The van der Waals surface area contributed by atoms with Gasteiger partial charge in [-0.2, -0.15) is 4.31 Å². The highest BCUT2D eigenvalue weighted by atomic mass is 35.5. The summed E-state index contributed by atoms with van der Waals surface area (Å²) >= 11 is 6.12. The van der Waals surface area contributed by atoms with Gasteiger partial charge < -0.3 is 10.2 Å². The summed E-state index contributed by atoms with van der Waals surface area (Å²) in [5.41, 5.74) is 0.910. The molecule has 0 spiro atoms. The number of nitrogens with one attached hydrogen (secondary N) is 1. The molecule has 1 aromatic carbocycles. The van der Waals surface area contributed by atoms with Crippen LogP contribution in [-0.2, 0) is 16.6 Å². The molecule has 0 bridgehead atoms. The summed E-state index contributed by atoms with van der Waals surface area (Å²) in [5.74, 6) is 0. The molecular formula is C14H22ClN3O2S. The number of piperazine rings is 1. The normalized spacial score (nSPS) is 18.0. The molecule has 1 aliphatic rings. The molecule has 2 rings (SSSR count). The van der Waals surface area contributed by atoms with Crippen LogP contribution in [0.25, 0.3) is 0 Å². The predicted molar refractivity (Wildman–Crippen MR) is 85.1 cm³/mol. The zero-order valence-electron chi connectivity index (χ0n) is 12.5. The SMILES string of the molecule is CCN1CCN(S(=O)(=O)c2cc(CNC)ccc2Cl)CC1. The lowest BCUT2D eigenvalue weighted by atomic mass is 10.2. The summed E-state index contributed by atoms with van der Waals surface area (Å²) in [4.78, 5) is 2.45.